The number of carboxylic acid groups (broad SMARTS) is 2. The molecule has 1 heterocycles. The van der Waals surface area contributed by atoms with Gasteiger partial charge in [-0.1, -0.05) is 0 Å². The van der Waals surface area contributed by atoms with Gasteiger partial charge in [-0.15, -0.1) is 0 Å². The molecule has 0 aliphatic carbocycles. The van der Waals surface area contributed by atoms with E-state index in [0.29, 0.717) is 0 Å². The summed E-state index contributed by atoms with van der Waals surface area (Å²) in [6.45, 7) is -0.740. The molecule has 0 aliphatic heterocycles. The third-order valence-corrected chi connectivity index (χ3v) is 2.45. The number of carbonyl (C=O) groups is 2. The largest absolute Gasteiger partial charge is 0.478 e. The van der Waals surface area contributed by atoms with Gasteiger partial charge in [0.2, 0.25) is 6.33 Å². The van der Waals surface area contributed by atoms with Crippen LogP contribution in [0.15, 0.2) is 6.33 Å². The second-order valence-electron chi connectivity index (χ2n) is 2.74. The van der Waals surface area contributed by atoms with Gasteiger partial charge in [-0.05, 0) is 23.2 Å². The fraction of sp³-hybridized carbons (Fsp3) is 0.286. The first-order chi connectivity index (χ1) is 6.91. The summed E-state index contributed by atoms with van der Waals surface area (Å²) < 4.78 is 2.30. The van der Waals surface area contributed by atoms with Crippen LogP contribution in [0.3, 0.4) is 0 Å². The van der Waals surface area contributed by atoms with Crippen LogP contribution in [0.4, 0.5) is 0 Å². The predicted molar refractivity (Wildman–Crippen MR) is 49.9 cm³/mol. The van der Waals surface area contributed by atoms with Gasteiger partial charge in [-0.2, -0.15) is 0 Å². The zero-order valence-corrected chi connectivity index (χ0v) is 8.86. The summed E-state index contributed by atoms with van der Waals surface area (Å²) in [6.07, 6.45) is 1.24. The molecule has 1 rings (SSSR count). The Kier molecular flexibility index (Phi) is 3.54. The van der Waals surface area contributed by atoms with Gasteiger partial charge in [0.15, 0.2) is 13.1 Å². The zero-order valence-electron chi connectivity index (χ0n) is 7.35. The van der Waals surface area contributed by atoms with Crippen molar-refractivity contribution in [1.82, 2.24) is 4.57 Å². The molecule has 15 heavy (non-hydrogen) atoms. The highest BCUT2D eigenvalue weighted by Crippen LogP contribution is 2.17. The first kappa shape index (κ1) is 11.8. The van der Waals surface area contributed by atoms with E-state index in [2.05, 4.69) is 0 Å². The zero-order chi connectivity index (χ0) is 11.6. The molecule has 0 radical (unpaired) electrons. The monoisotopic (exact) mass is 253 g/mol. The number of nitrogens with zero attached hydrogens (tertiary/aromatic N) is 2. The van der Waals surface area contributed by atoms with Crippen molar-refractivity contribution in [3.8, 4) is 0 Å². The lowest BCUT2D eigenvalue weighted by Crippen LogP contribution is -2.37. The number of imidazole rings is 1. The minimum absolute atomic E-state index is 0.000293. The first-order valence-electron chi connectivity index (χ1n) is 3.79. The quantitative estimate of drug-likeness (QED) is 0.754. The highest BCUT2D eigenvalue weighted by Gasteiger charge is 2.23. The maximum Gasteiger partial charge on any atom is 0.346 e. The number of halogens is 2. The van der Waals surface area contributed by atoms with Gasteiger partial charge in [0.05, 0.1) is 0 Å². The normalized spacial score (nSPS) is 10.3. The first-order valence-corrected chi connectivity index (χ1v) is 4.54. The third kappa shape index (κ3) is 2.84. The molecule has 0 aromatic carbocycles. The van der Waals surface area contributed by atoms with Crippen LogP contribution >= 0.6 is 23.2 Å². The number of aromatic nitrogens is 2. The van der Waals surface area contributed by atoms with Crippen molar-refractivity contribution in [3.63, 3.8) is 0 Å². The van der Waals surface area contributed by atoms with Crippen LogP contribution in [0, 0.1) is 0 Å². The SMILES string of the molecule is O=C(O)Cn1c[n+](CC(=O)O)c(Cl)c1Cl. The van der Waals surface area contributed by atoms with E-state index in [1.165, 1.54) is 6.33 Å². The topological polar surface area (TPSA) is 83.4 Å². The Balaban J connectivity index is 3.00. The summed E-state index contributed by atoms with van der Waals surface area (Å²) >= 11 is 11.4. The van der Waals surface area contributed by atoms with Crippen LogP contribution in [0.5, 0.6) is 0 Å². The highest BCUT2D eigenvalue weighted by molar-refractivity contribution is 6.39. The average molecular weight is 254 g/mol. The van der Waals surface area contributed by atoms with Gasteiger partial charge in [-0.25, -0.2) is 18.7 Å². The van der Waals surface area contributed by atoms with Crippen LogP contribution in [0.25, 0.3) is 0 Å². The van der Waals surface area contributed by atoms with E-state index < -0.39 is 11.9 Å². The molecule has 1 aromatic heterocycles. The van der Waals surface area contributed by atoms with Gasteiger partial charge >= 0.3 is 11.9 Å². The lowest BCUT2D eigenvalue weighted by molar-refractivity contribution is -0.683. The van der Waals surface area contributed by atoms with E-state index in [4.69, 9.17) is 33.4 Å². The van der Waals surface area contributed by atoms with Gasteiger partial charge in [0, 0.05) is 0 Å². The standard InChI is InChI=1S/C7H6Cl2N2O4/c8-6-7(9)11(2-5(14)15)3-10(6)1-4(12)13/h3H,1-2H2,(H-,12,13,14,15)/p+1. The minimum atomic E-state index is -1.09. The fourth-order valence-electron chi connectivity index (χ4n) is 1.02. The van der Waals surface area contributed by atoms with Crippen molar-refractivity contribution in [2.24, 2.45) is 0 Å². The Bertz CT molecular complexity index is 379. The molecule has 6 nitrogen and oxygen atoms in total. The molecule has 0 unspecified atom stereocenters. The number of carboxylic acids is 2. The lowest BCUT2D eigenvalue weighted by atomic mass is 10.6. The van der Waals surface area contributed by atoms with Gasteiger partial charge < -0.3 is 10.2 Å². The summed E-state index contributed by atoms with van der Waals surface area (Å²) in [6, 6.07) is 0. The van der Waals surface area contributed by atoms with Crippen molar-refractivity contribution >= 4 is 35.1 Å². The number of hydrogen-bond acceptors (Lipinski definition) is 2. The van der Waals surface area contributed by atoms with Crippen molar-refractivity contribution < 1.29 is 24.4 Å². The lowest BCUT2D eigenvalue weighted by Gasteiger charge is -1.89. The number of aliphatic carboxylic acids is 2. The van der Waals surface area contributed by atoms with Crippen LogP contribution in [0.2, 0.25) is 10.3 Å². The predicted octanol–water partition coefficient (Wildman–Crippen LogP) is 0.252. The van der Waals surface area contributed by atoms with Crippen molar-refractivity contribution in [3.05, 3.63) is 16.6 Å². The molecule has 0 saturated carbocycles. The minimum Gasteiger partial charge on any atom is -0.478 e. The second kappa shape index (κ2) is 4.50. The summed E-state index contributed by atoms with van der Waals surface area (Å²) in [5, 5.41) is 17.1. The Morgan fingerprint density at radius 3 is 2.40 bits per heavy atom. The Hall–Kier alpha value is -1.27. The Morgan fingerprint density at radius 2 is 1.93 bits per heavy atom. The maximum atomic E-state index is 10.4. The summed E-state index contributed by atoms with van der Waals surface area (Å²) in [4.78, 5) is 20.8. The molecule has 0 saturated heterocycles. The summed E-state index contributed by atoms with van der Waals surface area (Å²) in [5.41, 5.74) is 0. The van der Waals surface area contributed by atoms with Gasteiger partial charge in [0.1, 0.15) is 0 Å². The van der Waals surface area contributed by atoms with Crippen molar-refractivity contribution in [2.75, 3.05) is 0 Å². The molecule has 0 spiro atoms. The molecule has 0 atom stereocenters. The summed E-state index contributed by atoms with van der Waals surface area (Å²) in [7, 11) is 0. The van der Waals surface area contributed by atoms with Crippen LogP contribution in [-0.2, 0) is 22.7 Å². The molecule has 0 aliphatic rings. The van der Waals surface area contributed by atoms with Crippen LogP contribution in [-0.4, -0.2) is 26.7 Å². The van der Waals surface area contributed by atoms with Crippen LogP contribution < -0.4 is 4.57 Å². The molecular formula is C7H7Cl2N2O4+. The smallest absolute Gasteiger partial charge is 0.346 e. The molecule has 8 heteroatoms. The maximum absolute atomic E-state index is 10.4. The molecule has 82 valence electrons. The molecule has 0 bridgehead atoms. The number of rotatable bonds is 4. The number of hydrogen-bond donors (Lipinski definition) is 2. The van der Waals surface area contributed by atoms with E-state index >= 15 is 0 Å². The van der Waals surface area contributed by atoms with E-state index in [1.54, 1.807) is 0 Å². The second-order valence-corrected chi connectivity index (χ2v) is 3.46. The third-order valence-electron chi connectivity index (χ3n) is 1.56. The summed E-state index contributed by atoms with van der Waals surface area (Å²) in [5.74, 6) is -2.18. The van der Waals surface area contributed by atoms with E-state index in [0.717, 1.165) is 9.13 Å². The van der Waals surface area contributed by atoms with Gasteiger partial charge in [-0.3, -0.25) is 0 Å². The molecule has 0 amide bonds. The average Bonchev–Trinajstić information content (AvgIpc) is 2.32. The van der Waals surface area contributed by atoms with Crippen molar-refractivity contribution in [1.29, 1.82) is 0 Å². The Morgan fingerprint density at radius 1 is 1.33 bits per heavy atom. The fourth-order valence-corrected chi connectivity index (χ4v) is 1.44. The van der Waals surface area contributed by atoms with Gasteiger partial charge in [0.25, 0.3) is 10.3 Å². The molecular weight excluding hydrogens is 247 g/mol. The molecule has 0 fully saturated rings. The van der Waals surface area contributed by atoms with E-state index in [9.17, 15) is 9.59 Å². The molecule has 2 N–H and O–H groups in total. The Labute approximate surface area is 94.3 Å². The van der Waals surface area contributed by atoms with E-state index in [-0.39, 0.29) is 23.4 Å². The van der Waals surface area contributed by atoms with Crippen LogP contribution in [0.1, 0.15) is 0 Å². The van der Waals surface area contributed by atoms with E-state index in [1.807, 2.05) is 0 Å². The van der Waals surface area contributed by atoms with Crippen molar-refractivity contribution in [2.45, 2.75) is 13.1 Å². The highest BCUT2D eigenvalue weighted by atomic mass is 35.5. The molecule has 1 aromatic rings.